The zero-order chi connectivity index (χ0) is 14.1. The molecule has 0 spiro atoms. The zero-order valence-corrected chi connectivity index (χ0v) is 13.0. The maximum atomic E-state index is 5.42. The molecule has 5 nitrogen and oxygen atoms in total. The summed E-state index contributed by atoms with van der Waals surface area (Å²) < 4.78 is 5.42. The summed E-state index contributed by atoms with van der Waals surface area (Å²) in [6.45, 7) is 5.13. The number of thioether (sulfide) groups is 1. The molecule has 1 rings (SSSR count). The smallest absolute Gasteiger partial charge is 0.204 e. The molecule has 1 heterocycles. The molecule has 108 valence electrons. The Bertz CT molecular complexity index is 376. The molecule has 1 aromatic rings. The van der Waals surface area contributed by atoms with Crippen LogP contribution in [0.15, 0.2) is 6.33 Å². The van der Waals surface area contributed by atoms with Gasteiger partial charge in [0.2, 0.25) is 5.75 Å². The summed E-state index contributed by atoms with van der Waals surface area (Å²) in [7, 11) is 1.65. The Morgan fingerprint density at radius 2 is 2.11 bits per heavy atom. The van der Waals surface area contributed by atoms with Crippen molar-refractivity contribution < 1.29 is 4.74 Å². The van der Waals surface area contributed by atoms with Gasteiger partial charge in [-0.3, -0.25) is 0 Å². The van der Waals surface area contributed by atoms with Gasteiger partial charge in [0, 0.05) is 12.6 Å². The van der Waals surface area contributed by atoms with E-state index in [1.165, 1.54) is 0 Å². The van der Waals surface area contributed by atoms with Crippen LogP contribution in [-0.4, -0.2) is 41.7 Å². The van der Waals surface area contributed by atoms with Crippen molar-refractivity contribution in [3.63, 3.8) is 0 Å². The molecule has 2 N–H and O–H groups in total. The first-order chi connectivity index (χ1) is 9.22. The van der Waals surface area contributed by atoms with Gasteiger partial charge in [0.25, 0.3) is 0 Å². The predicted molar refractivity (Wildman–Crippen MR) is 83.4 cm³/mol. The number of rotatable bonds is 9. The van der Waals surface area contributed by atoms with Crippen LogP contribution in [0.5, 0.6) is 5.75 Å². The van der Waals surface area contributed by atoms with Gasteiger partial charge in [-0.15, -0.1) is 0 Å². The first kappa shape index (κ1) is 15.9. The van der Waals surface area contributed by atoms with E-state index < -0.39 is 0 Å². The number of hydrogen-bond donors (Lipinski definition) is 2. The van der Waals surface area contributed by atoms with E-state index in [9.17, 15) is 0 Å². The van der Waals surface area contributed by atoms with Crippen molar-refractivity contribution in [2.75, 3.05) is 36.3 Å². The Morgan fingerprint density at radius 3 is 2.74 bits per heavy atom. The molecule has 0 saturated heterocycles. The van der Waals surface area contributed by atoms with Gasteiger partial charge in [-0.05, 0) is 31.8 Å². The highest BCUT2D eigenvalue weighted by atomic mass is 32.2. The number of anilines is 2. The Balaban J connectivity index is 2.76. The third kappa shape index (κ3) is 5.14. The molecule has 6 heteroatoms. The summed E-state index contributed by atoms with van der Waals surface area (Å²) in [5.74, 6) is 3.32. The van der Waals surface area contributed by atoms with E-state index in [0.717, 1.165) is 36.8 Å². The number of ether oxygens (including phenoxy) is 1. The van der Waals surface area contributed by atoms with E-state index in [2.05, 4.69) is 40.7 Å². The molecular weight excluding hydrogens is 260 g/mol. The summed E-state index contributed by atoms with van der Waals surface area (Å²) in [5.41, 5.74) is 0. The average Bonchev–Trinajstić information content (AvgIpc) is 2.43. The lowest BCUT2D eigenvalue weighted by Gasteiger charge is -2.17. The van der Waals surface area contributed by atoms with Crippen LogP contribution in [0.25, 0.3) is 0 Å². The van der Waals surface area contributed by atoms with Crippen molar-refractivity contribution in [3.8, 4) is 5.75 Å². The van der Waals surface area contributed by atoms with Gasteiger partial charge in [0.05, 0.1) is 7.11 Å². The van der Waals surface area contributed by atoms with Gasteiger partial charge in [-0.1, -0.05) is 6.92 Å². The molecule has 0 aliphatic rings. The number of methoxy groups -OCH3 is 1. The van der Waals surface area contributed by atoms with Gasteiger partial charge in [0.15, 0.2) is 11.6 Å². The molecule has 0 amide bonds. The second-order valence-corrected chi connectivity index (χ2v) is 5.34. The number of aromatic nitrogens is 2. The molecule has 0 aliphatic carbocycles. The Kier molecular flexibility index (Phi) is 7.40. The molecule has 1 unspecified atom stereocenters. The number of nitrogens with zero attached hydrogens (tertiary/aromatic N) is 2. The maximum absolute atomic E-state index is 5.42. The fourth-order valence-corrected chi connectivity index (χ4v) is 2.23. The highest BCUT2D eigenvalue weighted by Crippen LogP contribution is 2.29. The molecule has 0 fully saturated rings. The van der Waals surface area contributed by atoms with Crippen LogP contribution in [0, 0.1) is 0 Å². The largest absolute Gasteiger partial charge is 0.490 e. The topological polar surface area (TPSA) is 59.1 Å². The Morgan fingerprint density at radius 1 is 1.37 bits per heavy atom. The molecule has 0 saturated carbocycles. The van der Waals surface area contributed by atoms with Crippen LogP contribution in [0.4, 0.5) is 11.6 Å². The highest BCUT2D eigenvalue weighted by Gasteiger charge is 2.13. The average molecular weight is 284 g/mol. The van der Waals surface area contributed by atoms with Crippen molar-refractivity contribution in [3.05, 3.63) is 6.33 Å². The van der Waals surface area contributed by atoms with Crippen molar-refractivity contribution >= 4 is 23.4 Å². The second-order valence-electron chi connectivity index (χ2n) is 4.36. The van der Waals surface area contributed by atoms with Gasteiger partial charge >= 0.3 is 0 Å². The predicted octanol–water partition coefficient (Wildman–Crippen LogP) is 2.86. The van der Waals surface area contributed by atoms with E-state index in [0.29, 0.717) is 11.8 Å². The van der Waals surface area contributed by atoms with Gasteiger partial charge in [0.1, 0.15) is 6.33 Å². The van der Waals surface area contributed by atoms with E-state index in [1.54, 1.807) is 13.4 Å². The molecule has 0 radical (unpaired) electrons. The lowest BCUT2D eigenvalue weighted by Crippen LogP contribution is -2.18. The fourth-order valence-electron chi connectivity index (χ4n) is 1.64. The van der Waals surface area contributed by atoms with Gasteiger partial charge in [-0.2, -0.15) is 11.8 Å². The Labute approximate surface area is 119 Å². The minimum absolute atomic E-state index is 0.357. The van der Waals surface area contributed by atoms with Crippen LogP contribution in [0.3, 0.4) is 0 Å². The number of hydrogen-bond acceptors (Lipinski definition) is 6. The van der Waals surface area contributed by atoms with Crippen LogP contribution >= 0.6 is 11.8 Å². The lowest BCUT2D eigenvalue weighted by atomic mass is 10.2. The fraction of sp³-hybridized carbons (Fsp3) is 0.692. The minimum atomic E-state index is 0.357. The summed E-state index contributed by atoms with van der Waals surface area (Å²) in [6, 6.07) is 0.357. The molecule has 0 aliphatic heterocycles. The van der Waals surface area contributed by atoms with Crippen molar-refractivity contribution in [2.24, 2.45) is 0 Å². The molecule has 1 atom stereocenters. The summed E-state index contributed by atoms with van der Waals surface area (Å²) >= 11 is 1.85. The zero-order valence-electron chi connectivity index (χ0n) is 12.2. The van der Waals surface area contributed by atoms with Crippen LogP contribution in [0.1, 0.15) is 26.7 Å². The van der Waals surface area contributed by atoms with E-state index in [4.69, 9.17) is 4.74 Å². The monoisotopic (exact) mass is 284 g/mol. The van der Waals surface area contributed by atoms with E-state index in [1.807, 2.05) is 11.8 Å². The minimum Gasteiger partial charge on any atom is -0.490 e. The standard InChI is InChI=1S/C13H24N4OS/c1-5-7-14-12-11(18-3)13(16-9-15-12)17-10(2)6-8-19-4/h9-10H,5-8H2,1-4H3,(H2,14,15,16,17). The number of nitrogens with one attached hydrogen (secondary N) is 2. The van der Waals surface area contributed by atoms with Crippen LogP contribution in [0.2, 0.25) is 0 Å². The van der Waals surface area contributed by atoms with Gasteiger partial charge in [-0.25, -0.2) is 9.97 Å². The van der Waals surface area contributed by atoms with Crippen LogP contribution in [-0.2, 0) is 0 Å². The van der Waals surface area contributed by atoms with Crippen molar-refractivity contribution in [2.45, 2.75) is 32.7 Å². The SMILES string of the molecule is CCCNc1ncnc(NC(C)CCSC)c1OC. The molecular formula is C13H24N4OS. The summed E-state index contributed by atoms with van der Waals surface area (Å²) in [5, 5.41) is 6.63. The second kappa shape index (κ2) is 8.85. The van der Waals surface area contributed by atoms with E-state index >= 15 is 0 Å². The highest BCUT2D eigenvalue weighted by molar-refractivity contribution is 7.98. The molecule has 1 aromatic heterocycles. The van der Waals surface area contributed by atoms with Gasteiger partial charge < -0.3 is 15.4 Å². The molecule has 0 aromatic carbocycles. The summed E-state index contributed by atoms with van der Waals surface area (Å²) in [6.07, 6.45) is 5.81. The van der Waals surface area contributed by atoms with Crippen molar-refractivity contribution in [1.82, 2.24) is 9.97 Å². The Hall–Kier alpha value is -1.17. The quantitative estimate of drug-likeness (QED) is 0.727. The third-order valence-corrected chi connectivity index (χ3v) is 3.33. The van der Waals surface area contributed by atoms with E-state index in [-0.39, 0.29) is 0 Å². The van der Waals surface area contributed by atoms with Crippen LogP contribution < -0.4 is 15.4 Å². The summed E-state index contributed by atoms with van der Waals surface area (Å²) in [4.78, 5) is 8.50. The lowest BCUT2D eigenvalue weighted by molar-refractivity contribution is 0.414. The first-order valence-corrected chi connectivity index (χ1v) is 8.00. The van der Waals surface area contributed by atoms with Crippen molar-refractivity contribution in [1.29, 1.82) is 0 Å². The first-order valence-electron chi connectivity index (χ1n) is 6.61. The molecule has 0 bridgehead atoms. The normalized spacial score (nSPS) is 12.0. The maximum Gasteiger partial charge on any atom is 0.204 e. The third-order valence-electron chi connectivity index (χ3n) is 2.69. The molecule has 19 heavy (non-hydrogen) atoms.